The Labute approximate surface area is 167 Å². The molecule has 3 N–H and O–H groups in total. The lowest BCUT2D eigenvalue weighted by Crippen LogP contribution is -2.68. The van der Waals surface area contributed by atoms with Gasteiger partial charge in [0.1, 0.15) is 23.2 Å². The summed E-state index contributed by atoms with van der Waals surface area (Å²) in [7, 11) is -4.03. The molecule has 1 saturated carbocycles. The fourth-order valence-corrected chi connectivity index (χ4v) is 5.65. The number of alkyl halides is 1. The number of hydrogen-bond acceptors (Lipinski definition) is 6. The fraction of sp³-hybridized carbons (Fsp3) is 0.625. The largest absolute Gasteiger partial charge is 0.393 e. The van der Waals surface area contributed by atoms with Gasteiger partial charge in [-0.3, -0.25) is 0 Å². The lowest BCUT2D eigenvalue weighted by atomic mass is 9.60. The molecule has 4 rings (SSSR count). The van der Waals surface area contributed by atoms with Crippen LogP contribution in [0.25, 0.3) is 5.52 Å². The first kappa shape index (κ1) is 19.8. The average molecular weight is 433 g/mol. The van der Waals surface area contributed by atoms with Crippen LogP contribution >= 0.6 is 11.6 Å². The molecule has 1 atom stereocenters. The molecule has 2 aromatic rings. The van der Waals surface area contributed by atoms with Crippen molar-refractivity contribution >= 4 is 33.1 Å². The Kier molecular flexibility index (Phi) is 4.78. The number of aryl methyl sites for hydroxylation is 1. The van der Waals surface area contributed by atoms with E-state index in [1.807, 2.05) is 13.0 Å². The van der Waals surface area contributed by atoms with Gasteiger partial charge in [-0.25, -0.2) is 19.0 Å². The van der Waals surface area contributed by atoms with Crippen molar-refractivity contribution in [2.24, 2.45) is 10.6 Å². The Morgan fingerprint density at radius 3 is 2.79 bits per heavy atom. The van der Waals surface area contributed by atoms with Crippen LogP contribution in [0.1, 0.15) is 18.4 Å². The maximum Gasteiger partial charge on any atom is 0.277 e. The number of rotatable bonds is 6. The minimum absolute atomic E-state index is 0.0368. The summed E-state index contributed by atoms with van der Waals surface area (Å²) >= 11 is 6.19. The molecule has 28 heavy (non-hydrogen) atoms. The number of aliphatic hydroxyl groups is 1. The van der Waals surface area contributed by atoms with E-state index in [9.17, 15) is 12.8 Å². The molecular weight excluding hydrogens is 411 g/mol. The maximum absolute atomic E-state index is 13.5. The first-order valence-corrected chi connectivity index (χ1v) is 10.8. The molecule has 0 bridgehead atoms. The van der Waals surface area contributed by atoms with E-state index < -0.39 is 29.5 Å². The summed E-state index contributed by atoms with van der Waals surface area (Å²) in [5.41, 5.74) is 1.80. The number of anilines is 1. The summed E-state index contributed by atoms with van der Waals surface area (Å²) in [5, 5.41) is 18.8. The van der Waals surface area contributed by atoms with Crippen LogP contribution in [-0.4, -0.2) is 70.9 Å². The van der Waals surface area contributed by atoms with Gasteiger partial charge in [0.15, 0.2) is 5.82 Å². The van der Waals surface area contributed by atoms with Gasteiger partial charge in [0.25, 0.3) is 10.2 Å². The van der Waals surface area contributed by atoms with Crippen LogP contribution in [0.5, 0.6) is 0 Å². The number of aliphatic hydroxyl groups excluding tert-OH is 1. The van der Waals surface area contributed by atoms with Crippen molar-refractivity contribution in [2.75, 3.05) is 31.1 Å². The molecular formula is C16H22ClFN6O3S. The molecule has 2 aliphatic rings. The molecule has 12 heteroatoms. The van der Waals surface area contributed by atoms with E-state index in [-0.39, 0.29) is 11.5 Å². The minimum Gasteiger partial charge on any atom is -0.393 e. The second-order valence-electron chi connectivity index (χ2n) is 7.81. The SMILES string of the molecule is Cc1cc(Cl)n2ncnc(N3CC4(CC(N(CC(F)CO)S(N)(=O)=O)C4)C3)c12. The van der Waals surface area contributed by atoms with E-state index >= 15 is 0 Å². The lowest BCUT2D eigenvalue weighted by molar-refractivity contribution is 0.00384. The molecule has 0 amide bonds. The predicted octanol–water partition coefficient (Wildman–Crippen LogP) is 0.496. The average Bonchev–Trinajstić information content (AvgIpc) is 2.85. The number of halogens is 2. The Morgan fingerprint density at radius 1 is 1.50 bits per heavy atom. The molecule has 2 aromatic heterocycles. The highest BCUT2D eigenvalue weighted by Crippen LogP contribution is 2.52. The number of nitrogens with zero attached hydrogens (tertiary/aromatic N) is 5. The first-order valence-electron chi connectivity index (χ1n) is 8.92. The van der Waals surface area contributed by atoms with Gasteiger partial charge >= 0.3 is 0 Å². The van der Waals surface area contributed by atoms with E-state index in [0.717, 1.165) is 34.3 Å². The number of aromatic nitrogens is 3. The zero-order valence-corrected chi connectivity index (χ0v) is 16.9. The van der Waals surface area contributed by atoms with Crippen LogP contribution in [0.4, 0.5) is 10.2 Å². The third kappa shape index (κ3) is 3.24. The highest BCUT2D eigenvalue weighted by atomic mass is 35.5. The van der Waals surface area contributed by atoms with E-state index in [0.29, 0.717) is 18.0 Å². The van der Waals surface area contributed by atoms with Crippen molar-refractivity contribution in [1.29, 1.82) is 0 Å². The van der Waals surface area contributed by atoms with E-state index in [1.54, 1.807) is 4.52 Å². The van der Waals surface area contributed by atoms with Crippen molar-refractivity contribution in [3.63, 3.8) is 0 Å². The van der Waals surface area contributed by atoms with Crippen molar-refractivity contribution in [3.05, 3.63) is 23.1 Å². The molecule has 1 saturated heterocycles. The van der Waals surface area contributed by atoms with Gasteiger partial charge in [-0.05, 0) is 31.4 Å². The highest BCUT2D eigenvalue weighted by molar-refractivity contribution is 7.86. The van der Waals surface area contributed by atoms with E-state index in [2.05, 4.69) is 15.0 Å². The molecule has 2 fully saturated rings. The first-order chi connectivity index (χ1) is 13.1. The van der Waals surface area contributed by atoms with Gasteiger partial charge < -0.3 is 10.0 Å². The third-order valence-corrected chi connectivity index (χ3v) is 7.05. The van der Waals surface area contributed by atoms with Crippen LogP contribution in [0.2, 0.25) is 5.15 Å². The van der Waals surface area contributed by atoms with Gasteiger partial charge in [-0.1, -0.05) is 11.6 Å². The Morgan fingerprint density at radius 2 is 2.18 bits per heavy atom. The third-order valence-electron chi connectivity index (χ3n) is 5.68. The van der Waals surface area contributed by atoms with Crippen LogP contribution in [0.3, 0.4) is 0 Å². The van der Waals surface area contributed by atoms with Gasteiger partial charge in [-0.2, -0.15) is 17.8 Å². The van der Waals surface area contributed by atoms with Gasteiger partial charge in [0.05, 0.1) is 6.61 Å². The second kappa shape index (κ2) is 6.77. The zero-order chi connectivity index (χ0) is 20.3. The monoisotopic (exact) mass is 432 g/mol. The quantitative estimate of drug-likeness (QED) is 0.686. The number of fused-ring (bicyclic) bond motifs is 1. The van der Waals surface area contributed by atoms with Gasteiger partial charge in [0, 0.05) is 31.1 Å². The highest BCUT2D eigenvalue weighted by Gasteiger charge is 2.56. The molecule has 154 valence electrons. The summed E-state index contributed by atoms with van der Waals surface area (Å²) in [6, 6.07) is 1.49. The molecule has 3 heterocycles. The molecule has 1 aliphatic carbocycles. The molecule has 9 nitrogen and oxygen atoms in total. The van der Waals surface area contributed by atoms with E-state index in [1.165, 1.54) is 6.33 Å². The van der Waals surface area contributed by atoms with Crippen molar-refractivity contribution in [3.8, 4) is 0 Å². The normalized spacial score (nSPS) is 20.6. The minimum atomic E-state index is -4.03. The Bertz CT molecular complexity index is 1000. The van der Waals surface area contributed by atoms with Crippen molar-refractivity contribution in [1.82, 2.24) is 18.9 Å². The topological polar surface area (TPSA) is 117 Å². The number of nitrogens with two attached hydrogens (primary N) is 1. The van der Waals surface area contributed by atoms with Crippen LogP contribution < -0.4 is 10.0 Å². The summed E-state index contributed by atoms with van der Waals surface area (Å²) in [6.07, 6.45) is 1.01. The lowest BCUT2D eigenvalue weighted by Gasteiger charge is -2.60. The van der Waals surface area contributed by atoms with Crippen molar-refractivity contribution in [2.45, 2.75) is 32.0 Å². The molecule has 1 aliphatic heterocycles. The van der Waals surface area contributed by atoms with Gasteiger partial charge in [0.2, 0.25) is 0 Å². The van der Waals surface area contributed by atoms with Crippen molar-refractivity contribution < 1.29 is 17.9 Å². The molecule has 0 aromatic carbocycles. The van der Waals surface area contributed by atoms with Gasteiger partial charge in [-0.15, -0.1) is 0 Å². The summed E-state index contributed by atoms with van der Waals surface area (Å²) in [6.45, 7) is 2.22. The Balaban J connectivity index is 1.46. The molecule has 1 spiro atoms. The smallest absolute Gasteiger partial charge is 0.277 e. The summed E-state index contributed by atoms with van der Waals surface area (Å²) in [4.78, 5) is 6.52. The zero-order valence-electron chi connectivity index (χ0n) is 15.3. The van der Waals surface area contributed by atoms with Crippen LogP contribution in [0.15, 0.2) is 12.4 Å². The second-order valence-corrected chi connectivity index (χ2v) is 9.69. The molecule has 1 unspecified atom stereocenters. The predicted molar refractivity (Wildman–Crippen MR) is 102 cm³/mol. The summed E-state index contributed by atoms with van der Waals surface area (Å²) in [5.74, 6) is 0.792. The number of hydrogen-bond donors (Lipinski definition) is 2. The van der Waals surface area contributed by atoms with Crippen LogP contribution in [-0.2, 0) is 10.2 Å². The fourth-order valence-electron chi connectivity index (χ4n) is 4.42. The maximum atomic E-state index is 13.5. The van der Waals surface area contributed by atoms with Crippen LogP contribution in [0, 0.1) is 12.3 Å². The summed E-state index contributed by atoms with van der Waals surface area (Å²) < 4.78 is 39.8. The molecule has 0 radical (unpaired) electrons. The Hall–Kier alpha value is -1.53. The van der Waals surface area contributed by atoms with E-state index in [4.69, 9.17) is 21.8 Å². The standard InChI is InChI=1S/C16H22ClFN6O3S/c1-10-2-13(17)24-14(10)15(20-9-21-24)22-7-16(8-22)3-12(4-16)23(28(19,26)27)5-11(18)6-25/h2,9,11-12,25H,3-8H2,1H3,(H2,19,26,27).